The Labute approximate surface area is 185 Å². The number of ether oxygens (including phenoxy) is 3. The number of hydrogen-bond acceptors (Lipinski definition) is 7. The topological polar surface area (TPSA) is 99.2 Å². The molecule has 1 unspecified atom stereocenters. The predicted octanol–water partition coefficient (Wildman–Crippen LogP) is 2.58. The third-order valence-electron chi connectivity index (χ3n) is 5.57. The van der Waals surface area contributed by atoms with Gasteiger partial charge in [0.25, 0.3) is 0 Å². The largest absolute Gasteiger partial charge is 0.462 e. The molecule has 8 nitrogen and oxygen atoms in total. The van der Waals surface area contributed by atoms with Crippen LogP contribution in [0.3, 0.4) is 0 Å². The Morgan fingerprint density at radius 2 is 1.31 bits per heavy atom. The Morgan fingerprint density at radius 3 is 1.84 bits per heavy atom. The highest BCUT2D eigenvalue weighted by Crippen LogP contribution is 2.32. The van der Waals surface area contributed by atoms with Crippen LogP contribution in [-0.4, -0.2) is 54.2 Å². The van der Waals surface area contributed by atoms with Crippen molar-refractivity contribution in [3.05, 3.63) is 71.8 Å². The molecule has 0 bridgehead atoms. The van der Waals surface area contributed by atoms with Crippen LogP contribution in [0.4, 0.5) is 0 Å². The smallest absolute Gasteiger partial charge is 0.338 e. The van der Waals surface area contributed by atoms with E-state index in [1.807, 2.05) is 0 Å². The van der Waals surface area contributed by atoms with E-state index in [0.717, 1.165) is 4.90 Å². The molecule has 0 aliphatic carbocycles. The molecule has 0 radical (unpaired) electrons. The molecule has 3 atom stereocenters. The molecule has 0 aromatic heterocycles. The van der Waals surface area contributed by atoms with Crippen molar-refractivity contribution in [1.29, 1.82) is 0 Å². The molecule has 2 fully saturated rings. The lowest BCUT2D eigenvalue weighted by atomic mass is 10.0. The molecule has 2 heterocycles. The van der Waals surface area contributed by atoms with Gasteiger partial charge in [-0.25, -0.2) is 9.59 Å². The van der Waals surface area contributed by atoms with Gasteiger partial charge >= 0.3 is 11.9 Å². The van der Waals surface area contributed by atoms with Crippen LogP contribution in [0.2, 0.25) is 0 Å². The average molecular weight is 437 g/mol. The Bertz CT molecular complexity index is 912. The normalized spacial score (nSPS) is 22.8. The monoisotopic (exact) mass is 437 g/mol. The molecule has 8 heteroatoms. The van der Waals surface area contributed by atoms with Gasteiger partial charge < -0.3 is 14.2 Å². The number of rotatable bonds is 7. The van der Waals surface area contributed by atoms with Crippen molar-refractivity contribution in [2.45, 2.75) is 31.6 Å². The quantitative estimate of drug-likeness (QED) is 0.485. The van der Waals surface area contributed by atoms with Gasteiger partial charge in [-0.05, 0) is 24.3 Å². The summed E-state index contributed by atoms with van der Waals surface area (Å²) in [5.74, 6) is -1.92. The van der Waals surface area contributed by atoms with E-state index in [1.165, 1.54) is 0 Å². The summed E-state index contributed by atoms with van der Waals surface area (Å²) in [4.78, 5) is 50.1. The third kappa shape index (κ3) is 4.86. The Hall–Kier alpha value is -3.52. The molecule has 0 N–H and O–H groups in total. The summed E-state index contributed by atoms with van der Waals surface area (Å²) in [7, 11) is 0. The number of imide groups is 1. The van der Waals surface area contributed by atoms with E-state index in [2.05, 4.69) is 0 Å². The minimum atomic E-state index is -0.765. The van der Waals surface area contributed by atoms with Crippen LogP contribution in [0.25, 0.3) is 0 Å². The first kappa shape index (κ1) is 21.7. The minimum Gasteiger partial charge on any atom is -0.462 e. The molecular formula is C24H23NO7. The van der Waals surface area contributed by atoms with Gasteiger partial charge in [-0.2, -0.15) is 0 Å². The third-order valence-corrected chi connectivity index (χ3v) is 5.57. The van der Waals surface area contributed by atoms with Gasteiger partial charge in [0.2, 0.25) is 11.8 Å². The molecule has 0 spiro atoms. The summed E-state index contributed by atoms with van der Waals surface area (Å²) in [6.07, 6.45) is -0.788. The highest BCUT2D eigenvalue weighted by atomic mass is 16.6. The molecule has 2 aliphatic heterocycles. The van der Waals surface area contributed by atoms with Crippen LogP contribution in [0.15, 0.2) is 60.7 Å². The Balaban J connectivity index is 1.42. The zero-order valence-electron chi connectivity index (χ0n) is 17.3. The summed E-state index contributed by atoms with van der Waals surface area (Å²) in [6.45, 7) is -0.0813. The number of hydrogen-bond donors (Lipinski definition) is 0. The molecule has 2 aliphatic rings. The van der Waals surface area contributed by atoms with Gasteiger partial charge in [-0.15, -0.1) is 0 Å². The summed E-state index contributed by atoms with van der Waals surface area (Å²) in [6, 6.07) is 17.1. The van der Waals surface area contributed by atoms with Gasteiger partial charge in [0.1, 0.15) is 18.9 Å². The lowest BCUT2D eigenvalue weighted by Gasteiger charge is -2.22. The maximum absolute atomic E-state index is 12.3. The van der Waals surface area contributed by atoms with E-state index >= 15 is 0 Å². The maximum Gasteiger partial charge on any atom is 0.338 e. The van der Waals surface area contributed by atoms with Gasteiger partial charge in [-0.1, -0.05) is 36.4 Å². The fraction of sp³-hybridized carbons (Fsp3) is 0.333. The zero-order chi connectivity index (χ0) is 22.5. The first-order valence-corrected chi connectivity index (χ1v) is 10.5. The van der Waals surface area contributed by atoms with E-state index in [9.17, 15) is 19.2 Å². The molecule has 4 rings (SSSR count). The first-order valence-electron chi connectivity index (χ1n) is 10.5. The summed E-state index contributed by atoms with van der Waals surface area (Å²) >= 11 is 0. The van der Waals surface area contributed by atoms with Crippen molar-refractivity contribution in [1.82, 2.24) is 4.90 Å². The Kier molecular flexibility index (Phi) is 6.61. The van der Waals surface area contributed by atoms with E-state index in [-0.39, 0.29) is 43.8 Å². The SMILES string of the molecule is O=C(OC[C@H]1CC(N2C(=O)CCC2=O)O[C@@H]1COC(=O)c1ccccc1)c1ccccc1. The number of carbonyl (C=O) groups is 4. The number of amides is 2. The van der Waals surface area contributed by atoms with Gasteiger partial charge in [-0.3, -0.25) is 14.5 Å². The van der Waals surface area contributed by atoms with Gasteiger partial charge in [0, 0.05) is 25.2 Å². The predicted molar refractivity (Wildman–Crippen MR) is 111 cm³/mol. The highest BCUT2D eigenvalue weighted by Gasteiger charge is 2.45. The summed E-state index contributed by atoms with van der Waals surface area (Å²) in [5, 5.41) is 0. The average Bonchev–Trinajstić information content (AvgIpc) is 3.38. The van der Waals surface area contributed by atoms with Crippen molar-refractivity contribution in [2.75, 3.05) is 13.2 Å². The maximum atomic E-state index is 12.3. The lowest BCUT2D eigenvalue weighted by Crippen LogP contribution is -2.39. The number of esters is 2. The highest BCUT2D eigenvalue weighted by molar-refractivity contribution is 6.02. The molecule has 0 saturated carbocycles. The number of carbonyl (C=O) groups excluding carboxylic acids is 4. The van der Waals surface area contributed by atoms with E-state index in [4.69, 9.17) is 14.2 Å². The fourth-order valence-electron chi connectivity index (χ4n) is 3.87. The van der Waals surface area contributed by atoms with E-state index in [1.54, 1.807) is 60.7 Å². The molecule has 2 saturated heterocycles. The number of benzene rings is 2. The lowest BCUT2D eigenvalue weighted by molar-refractivity contribution is -0.154. The van der Waals surface area contributed by atoms with Crippen molar-refractivity contribution in [2.24, 2.45) is 5.92 Å². The fourth-order valence-corrected chi connectivity index (χ4v) is 3.87. The van der Waals surface area contributed by atoms with E-state index in [0.29, 0.717) is 17.5 Å². The molecule has 2 amide bonds. The van der Waals surface area contributed by atoms with Crippen molar-refractivity contribution >= 4 is 23.8 Å². The number of likely N-dealkylation sites (tertiary alicyclic amines) is 1. The summed E-state index contributed by atoms with van der Waals surface area (Å²) < 4.78 is 16.8. The van der Waals surface area contributed by atoms with Crippen LogP contribution in [-0.2, 0) is 23.8 Å². The molecular weight excluding hydrogens is 414 g/mol. The van der Waals surface area contributed by atoms with E-state index < -0.39 is 24.3 Å². The standard InChI is InChI=1S/C24H23NO7/c26-20-11-12-21(27)25(20)22-13-18(14-30-23(28)16-7-3-1-4-8-16)19(32-22)15-31-24(29)17-9-5-2-6-10-17/h1-10,18-19,22H,11-15H2/t18-,19-,22?/m1/s1. The number of nitrogens with zero attached hydrogens (tertiary/aromatic N) is 1. The van der Waals surface area contributed by atoms with Crippen molar-refractivity contribution in [3.63, 3.8) is 0 Å². The van der Waals surface area contributed by atoms with Crippen molar-refractivity contribution < 1.29 is 33.4 Å². The zero-order valence-corrected chi connectivity index (χ0v) is 17.3. The second-order valence-electron chi connectivity index (χ2n) is 7.71. The first-order chi connectivity index (χ1) is 15.5. The molecule has 2 aromatic carbocycles. The van der Waals surface area contributed by atoms with Crippen LogP contribution in [0.5, 0.6) is 0 Å². The van der Waals surface area contributed by atoms with Crippen LogP contribution in [0, 0.1) is 5.92 Å². The second kappa shape index (κ2) is 9.74. The summed E-state index contributed by atoms with van der Waals surface area (Å²) in [5.41, 5.74) is 0.818. The molecule has 2 aromatic rings. The second-order valence-corrected chi connectivity index (χ2v) is 7.71. The van der Waals surface area contributed by atoms with Gasteiger partial charge in [0.05, 0.1) is 17.7 Å². The molecule has 32 heavy (non-hydrogen) atoms. The van der Waals surface area contributed by atoms with Crippen molar-refractivity contribution in [3.8, 4) is 0 Å². The minimum absolute atomic E-state index is 0.00794. The Morgan fingerprint density at radius 1 is 0.812 bits per heavy atom. The van der Waals surface area contributed by atoms with Gasteiger partial charge in [0.15, 0.2) is 0 Å². The van der Waals surface area contributed by atoms with Crippen LogP contribution in [0.1, 0.15) is 40.0 Å². The van der Waals surface area contributed by atoms with Crippen LogP contribution < -0.4 is 0 Å². The van der Waals surface area contributed by atoms with Crippen LogP contribution >= 0.6 is 0 Å². The molecule has 166 valence electrons.